The number of aliphatic hydroxyl groups is 1. The van der Waals surface area contributed by atoms with E-state index in [0.29, 0.717) is 11.5 Å². The maximum atomic E-state index is 12.4. The highest BCUT2D eigenvalue weighted by molar-refractivity contribution is 5.92. The van der Waals surface area contributed by atoms with Gasteiger partial charge in [0.1, 0.15) is 11.5 Å². The average molecular weight is 318 g/mol. The van der Waals surface area contributed by atoms with Crippen LogP contribution in [-0.2, 0) is 0 Å². The van der Waals surface area contributed by atoms with Crippen molar-refractivity contribution in [2.24, 2.45) is 0 Å². The summed E-state index contributed by atoms with van der Waals surface area (Å²) in [5, 5.41) is 13.8. The van der Waals surface area contributed by atoms with Crippen molar-refractivity contribution in [2.75, 3.05) is 13.1 Å². The van der Waals surface area contributed by atoms with Gasteiger partial charge in [-0.2, -0.15) is 0 Å². The van der Waals surface area contributed by atoms with Gasteiger partial charge in [-0.3, -0.25) is 9.69 Å². The third-order valence-corrected chi connectivity index (χ3v) is 5.01. The summed E-state index contributed by atoms with van der Waals surface area (Å²) in [6.07, 6.45) is 7.48. The standard InChI is InChI=1S/C17H26N4O2/c1-12-18-9-8-14(19-12)17(23)20-13-6-2-3-7-15(16(13)22)21-10-4-5-11-21/h8-9,13,15-16,22H,2-7,10-11H2,1H3,(H,20,23)/t13-,15-,16-/m1/s1. The summed E-state index contributed by atoms with van der Waals surface area (Å²) in [5.41, 5.74) is 0.367. The van der Waals surface area contributed by atoms with E-state index in [1.165, 1.54) is 12.8 Å². The van der Waals surface area contributed by atoms with Crippen LogP contribution in [0.15, 0.2) is 12.3 Å². The second kappa shape index (κ2) is 7.36. The minimum Gasteiger partial charge on any atom is -0.389 e. The zero-order valence-corrected chi connectivity index (χ0v) is 13.7. The number of hydrogen-bond donors (Lipinski definition) is 2. The summed E-state index contributed by atoms with van der Waals surface area (Å²) in [6, 6.07) is 1.58. The molecule has 3 atom stereocenters. The molecule has 1 saturated heterocycles. The van der Waals surface area contributed by atoms with Gasteiger partial charge >= 0.3 is 0 Å². The van der Waals surface area contributed by atoms with Crippen molar-refractivity contribution in [3.63, 3.8) is 0 Å². The Morgan fingerprint density at radius 2 is 2.00 bits per heavy atom. The lowest BCUT2D eigenvalue weighted by molar-refractivity contribution is 0.0337. The number of carbonyl (C=O) groups excluding carboxylic acids is 1. The number of aliphatic hydroxyl groups excluding tert-OH is 1. The minimum atomic E-state index is -0.512. The quantitative estimate of drug-likeness (QED) is 0.821. The second-order valence-electron chi connectivity index (χ2n) is 6.65. The highest BCUT2D eigenvalue weighted by Gasteiger charge is 2.35. The molecule has 0 radical (unpaired) electrons. The van der Waals surface area contributed by atoms with Crippen LogP contribution in [0.25, 0.3) is 0 Å². The summed E-state index contributed by atoms with van der Waals surface area (Å²) in [4.78, 5) is 23.0. The second-order valence-corrected chi connectivity index (χ2v) is 6.65. The highest BCUT2D eigenvalue weighted by atomic mass is 16.3. The van der Waals surface area contributed by atoms with Gasteiger partial charge in [-0.15, -0.1) is 0 Å². The van der Waals surface area contributed by atoms with Crippen LogP contribution in [-0.4, -0.2) is 57.2 Å². The van der Waals surface area contributed by atoms with E-state index in [0.717, 1.165) is 38.8 Å². The lowest BCUT2D eigenvalue weighted by atomic mass is 10.00. The van der Waals surface area contributed by atoms with E-state index in [1.807, 2.05) is 0 Å². The van der Waals surface area contributed by atoms with Gasteiger partial charge in [0.15, 0.2) is 0 Å². The maximum Gasteiger partial charge on any atom is 0.270 e. The van der Waals surface area contributed by atoms with Gasteiger partial charge in [-0.1, -0.05) is 12.8 Å². The Bertz CT molecular complexity index is 545. The molecule has 6 heteroatoms. The van der Waals surface area contributed by atoms with E-state index < -0.39 is 6.10 Å². The molecule has 1 aliphatic carbocycles. The first-order valence-electron chi connectivity index (χ1n) is 8.68. The van der Waals surface area contributed by atoms with Crippen molar-refractivity contribution in [3.05, 3.63) is 23.8 Å². The molecule has 0 spiro atoms. The number of aryl methyl sites for hydroxylation is 1. The lowest BCUT2D eigenvalue weighted by Gasteiger charge is -2.34. The number of nitrogens with one attached hydrogen (secondary N) is 1. The third-order valence-electron chi connectivity index (χ3n) is 5.01. The summed E-state index contributed by atoms with van der Waals surface area (Å²) < 4.78 is 0. The van der Waals surface area contributed by atoms with Crippen molar-refractivity contribution < 1.29 is 9.90 Å². The number of hydrogen-bond acceptors (Lipinski definition) is 5. The van der Waals surface area contributed by atoms with Crippen LogP contribution in [0.1, 0.15) is 54.8 Å². The average Bonchev–Trinajstić information content (AvgIpc) is 3.01. The highest BCUT2D eigenvalue weighted by Crippen LogP contribution is 2.26. The van der Waals surface area contributed by atoms with E-state index in [1.54, 1.807) is 19.2 Å². The van der Waals surface area contributed by atoms with E-state index >= 15 is 0 Å². The molecule has 2 heterocycles. The molecular weight excluding hydrogens is 292 g/mol. The van der Waals surface area contributed by atoms with Crippen molar-refractivity contribution in [1.82, 2.24) is 20.2 Å². The molecule has 0 bridgehead atoms. The predicted octanol–water partition coefficient (Wildman–Crippen LogP) is 1.28. The Labute approximate surface area is 137 Å². The van der Waals surface area contributed by atoms with Gasteiger partial charge in [-0.05, 0) is 51.8 Å². The number of likely N-dealkylation sites (tertiary alicyclic amines) is 1. The third kappa shape index (κ3) is 3.87. The molecule has 6 nitrogen and oxygen atoms in total. The fourth-order valence-electron chi connectivity index (χ4n) is 3.78. The Hall–Kier alpha value is -1.53. The van der Waals surface area contributed by atoms with Crippen LogP contribution in [0.5, 0.6) is 0 Å². The lowest BCUT2D eigenvalue weighted by Crippen LogP contribution is -2.52. The van der Waals surface area contributed by atoms with E-state index in [9.17, 15) is 9.90 Å². The molecule has 0 aromatic carbocycles. The molecule has 3 rings (SSSR count). The fourth-order valence-corrected chi connectivity index (χ4v) is 3.78. The number of amides is 1. The molecule has 2 N–H and O–H groups in total. The van der Waals surface area contributed by atoms with Gasteiger partial charge in [0.05, 0.1) is 12.1 Å². The molecule has 1 aromatic heterocycles. The molecular formula is C17H26N4O2. The molecule has 1 aromatic rings. The number of nitrogens with zero attached hydrogens (tertiary/aromatic N) is 3. The topological polar surface area (TPSA) is 78.4 Å². The number of aromatic nitrogens is 2. The Morgan fingerprint density at radius 1 is 1.26 bits per heavy atom. The molecule has 23 heavy (non-hydrogen) atoms. The van der Waals surface area contributed by atoms with Crippen LogP contribution in [0.3, 0.4) is 0 Å². The Morgan fingerprint density at radius 3 is 2.74 bits per heavy atom. The van der Waals surface area contributed by atoms with Crippen molar-refractivity contribution in [1.29, 1.82) is 0 Å². The van der Waals surface area contributed by atoms with Crippen molar-refractivity contribution in [3.8, 4) is 0 Å². The zero-order valence-electron chi connectivity index (χ0n) is 13.7. The number of rotatable bonds is 3. The Kier molecular flexibility index (Phi) is 5.23. The normalized spacial score (nSPS) is 29.2. The van der Waals surface area contributed by atoms with Gasteiger partial charge in [0.2, 0.25) is 0 Å². The smallest absolute Gasteiger partial charge is 0.270 e. The van der Waals surface area contributed by atoms with Gasteiger partial charge in [-0.25, -0.2) is 9.97 Å². The van der Waals surface area contributed by atoms with E-state index in [4.69, 9.17) is 0 Å². The summed E-state index contributed by atoms with van der Waals surface area (Å²) in [6.45, 7) is 3.89. The number of carbonyl (C=O) groups is 1. The van der Waals surface area contributed by atoms with Gasteiger partial charge in [0, 0.05) is 12.2 Å². The van der Waals surface area contributed by atoms with Crippen LogP contribution in [0.2, 0.25) is 0 Å². The van der Waals surface area contributed by atoms with Crippen molar-refractivity contribution in [2.45, 2.75) is 63.6 Å². The predicted molar refractivity (Wildman–Crippen MR) is 87.1 cm³/mol. The van der Waals surface area contributed by atoms with Crippen LogP contribution >= 0.6 is 0 Å². The molecule has 1 aliphatic heterocycles. The first kappa shape index (κ1) is 16.3. The molecule has 2 aliphatic rings. The SMILES string of the molecule is Cc1nccc(C(=O)N[C@@H]2CCCC[C@@H](N3CCCC3)[C@@H]2O)n1. The molecule has 126 valence electrons. The largest absolute Gasteiger partial charge is 0.389 e. The monoisotopic (exact) mass is 318 g/mol. The summed E-state index contributed by atoms with van der Waals surface area (Å²) in [7, 11) is 0. The molecule has 2 fully saturated rings. The molecule has 1 saturated carbocycles. The fraction of sp³-hybridized carbons (Fsp3) is 0.706. The maximum absolute atomic E-state index is 12.4. The van der Waals surface area contributed by atoms with Crippen LogP contribution in [0.4, 0.5) is 0 Å². The zero-order chi connectivity index (χ0) is 16.2. The molecule has 0 unspecified atom stereocenters. The van der Waals surface area contributed by atoms with Crippen LogP contribution < -0.4 is 5.32 Å². The first-order valence-corrected chi connectivity index (χ1v) is 8.68. The van der Waals surface area contributed by atoms with Gasteiger partial charge in [0.25, 0.3) is 5.91 Å². The van der Waals surface area contributed by atoms with Crippen molar-refractivity contribution >= 4 is 5.91 Å². The minimum absolute atomic E-state index is 0.164. The Balaban J connectivity index is 1.68. The summed E-state index contributed by atoms with van der Waals surface area (Å²) >= 11 is 0. The first-order chi connectivity index (χ1) is 11.1. The molecule has 1 amide bonds. The van der Waals surface area contributed by atoms with E-state index in [-0.39, 0.29) is 18.0 Å². The van der Waals surface area contributed by atoms with E-state index in [2.05, 4.69) is 20.2 Å². The summed E-state index contributed by atoms with van der Waals surface area (Å²) in [5.74, 6) is 0.357. The van der Waals surface area contributed by atoms with Crippen LogP contribution in [0, 0.1) is 6.92 Å². The van der Waals surface area contributed by atoms with Gasteiger partial charge < -0.3 is 10.4 Å².